The maximum atomic E-state index is 6.20. The molecule has 1 atom stereocenters. The van der Waals surface area contributed by atoms with Crippen LogP contribution in [-0.2, 0) is 11.3 Å². The van der Waals surface area contributed by atoms with E-state index in [4.69, 9.17) is 19.7 Å². The van der Waals surface area contributed by atoms with Gasteiger partial charge in [0.2, 0.25) is 11.7 Å². The Morgan fingerprint density at radius 1 is 1.23 bits per heavy atom. The van der Waals surface area contributed by atoms with E-state index in [-0.39, 0.29) is 25.1 Å². The van der Waals surface area contributed by atoms with E-state index in [1.165, 1.54) is 0 Å². The summed E-state index contributed by atoms with van der Waals surface area (Å²) in [5.74, 6) is 2.10. The highest BCUT2D eigenvalue weighted by atomic mass is 35.5. The molecule has 1 aromatic carbocycles. The summed E-state index contributed by atoms with van der Waals surface area (Å²) in [4.78, 5) is 4.33. The molecule has 3 rings (SSSR count). The summed E-state index contributed by atoms with van der Waals surface area (Å²) in [6.45, 7) is 1.76. The van der Waals surface area contributed by atoms with E-state index in [2.05, 4.69) is 10.1 Å². The van der Waals surface area contributed by atoms with Crippen LogP contribution in [0.2, 0.25) is 0 Å². The summed E-state index contributed by atoms with van der Waals surface area (Å²) in [6.07, 6.45) is 1.86. The minimum absolute atomic E-state index is 0. The highest BCUT2D eigenvalue weighted by Crippen LogP contribution is 2.27. The van der Waals surface area contributed by atoms with Crippen molar-refractivity contribution < 1.29 is 14.0 Å². The van der Waals surface area contributed by atoms with Gasteiger partial charge in [0, 0.05) is 13.2 Å². The zero-order chi connectivity index (χ0) is 14.5. The molecule has 0 spiro atoms. The number of hydrogen-bond donors (Lipinski definition) is 1. The van der Waals surface area contributed by atoms with E-state index in [0.717, 1.165) is 31.8 Å². The van der Waals surface area contributed by atoms with Crippen molar-refractivity contribution in [2.45, 2.75) is 25.5 Å². The predicted octanol–water partition coefficient (Wildman–Crippen LogP) is 2.50. The minimum Gasteiger partial charge on any atom is -0.485 e. The topological polar surface area (TPSA) is 83.4 Å². The van der Waals surface area contributed by atoms with Crippen molar-refractivity contribution in [3.05, 3.63) is 42.0 Å². The molecule has 6 nitrogen and oxygen atoms in total. The third-order valence-corrected chi connectivity index (χ3v) is 3.65. The molecule has 1 aromatic heterocycles. The maximum absolute atomic E-state index is 6.20. The summed E-state index contributed by atoms with van der Waals surface area (Å²) >= 11 is 0. The molecule has 2 aromatic rings. The molecule has 0 saturated carbocycles. The molecule has 1 unspecified atom stereocenters. The number of nitrogens with two attached hydrogens (primary N) is 1. The Balaban J connectivity index is 0.00000176. The molecule has 0 aliphatic carbocycles. The van der Waals surface area contributed by atoms with Crippen LogP contribution in [0, 0.1) is 5.92 Å². The molecule has 2 heterocycles. The quantitative estimate of drug-likeness (QED) is 0.909. The van der Waals surface area contributed by atoms with Crippen molar-refractivity contribution >= 4 is 12.4 Å². The Kier molecular flexibility index (Phi) is 6.18. The standard InChI is InChI=1S/C15H19N3O3.ClH/c16-14(11-6-8-19-9-7-11)15-17-13(18-21-15)10-20-12-4-2-1-3-5-12;/h1-5,11,14H,6-10,16H2;1H. The van der Waals surface area contributed by atoms with Crippen molar-refractivity contribution in [1.82, 2.24) is 10.1 Å². The van der Waals surface area contributed by atoms with Crippen LogP contribution in [-0.4, -0.2) is 23.4 Å². The van der Waals surface area contributed by atoms with E-state index in [9.17, 15) is 0 Å². The van der Waals surface area contributed by atoms with Crippen molar-refractivity contribution in [1.29, 1.82) is 0 Å². The largest absolute Gasteiger partial charge is 0.485 e. The number of nitrogens with zero attached hydrogens (tertiary/aromatic N) is 2. The second-order valence-corrected chi connectivity index (χ2v) is 5.13. The van der Waals surface area contributed by atoms with Gasteiger partial charge in [-0.05, 0) is 30.9 Å². The second-order valence-electron chi connectivity index (χ2n) is 5.13. The highest BCUT2D eigenvalue weighted by molar-refractivity contribution is 5.85. The first-order valence-corrected chi connectivity index (χ1v) is 7.16. The molecule has 1 saturated heterocycles. The summed E-state index contributed by atoms with van der Waals surface area (Å²) in [6, 6.07) is 9.30. The Bertz CT molecular complexity index is 558. The van der Waals surface area contributed by atoms with Gasteiger partial charge in [0.15, 0.2) is 6.61 Å². The number of para-hydroxylation sites is 1. The number of ether oxygens (including phenoxy) is 2. The Hall–Kier alpha value is -1.63. The monoisotopic (exact) mass is 325 g/mol. The first-order chi connectivity index (χ1) is 10.3. The lowest BCUT2D eigenvalue weighted by Crippen LogP contribution is -2.27. The molecule has 120 valence electrons. The van der Waals surface area contributed by atoms with Gasteiger partial charge in [0.05, 0.1) is 6.04 Å². The molecule has 22 heavy (non-hydrogen) atoms. The molecule has 0 amide bonds. The zero-order valence-electron chi connectivity index (χ0n) is 12.2. The Morgan fingerprint density at radius 2 is 1.95 bits per heavy atom. The second kappa shape index (κ2) is 8.12. The van der Waals surface area contributed by atoms with Crippen molar-refractivity contribution in [2.24, 2.45) is 11.7 Å². The van der Waals surface area contributed by atoms with Crippen LogP contribution in [0.5, 0.6) is 5.75 Å². The number of halogens is 1. The number of benzene rings is 1. The molecule has 7 heteroatoms. The lowest BCUT2D eigenvalue weighted by atomic mass is 9.92. The molecule has 0 bridgehead atoms. The number of hydrogen-bond acceptors (Lipinski definition) is 6. The maximum Gasteiger partial charge on any atom is 0.243 e. The molecule has 1 aliphatic heterocycles. The summed E-state index contributed by atoms with van der Waals surface area (Å²) < 4.78 is 16.2. The van der Waals surface area contributed by atoms with E-state index in [1.807, 2.05) is 30.3 Å². The third kappa shape index (κ3) is 4.19. The third-order valence-electron chi connectivity index (χ3n) is 3.65. The molecule has 0 radical (unpaired) electrons. The lowest BCUT2D eigenvalue weighted by molar-refractivity contribution is 0.0546. The van der Waals surface area contributed by atoms with Crippen molar-refractivity contribution in [2.75, 3.05) is 13.2 Å². The predicted molar refractivity (Wildman–Crippen MR) is 82.8 cm³/mol. The Labute approximate surface area is 135 Å². The number of aromatic nitrogens is 2. The molecule has 1 aliphatic rings. The van der Waals surface area contributed by atoms with Crippen LogP contribution < -0.4 is 10.5 Å². The normalized spacial score (nSPS) is 16.8. The van der Waals surface area contributed by atoms with Gasteiger partial charge >= 0.3 is 0 Å². The van der Waals surface area contributed by atoms with E-state index in [1.54, 1.807) is 0 Å². The van der Waals surface area contributed by atoms with Gasteiger partial charge in [0.1, 0.15) is 5.75 Å². The highest BCUT2D eigenvalue weighted by Gasteiger charge is 2.26. The number of rotatable bonds is 5. The average Bonchev–Trinajstić information content (AvgIpc) is 3.03. The molecular weight excluding hydrogens is 306 g/mol. The van der Waals surface area contributed by atoms with Crippen LogP contribution in [0.25, 0.3) is 0 Å². The van der Waals surface area contributed by atoms with E-state index >= 15 is 0 Å². The van der Waals surface area contributed by atoms with Crippen molar-refractivity contribution in [3.8, 4) is 5.75 Å². The van der Waals surface area contributed by atoms with E-state index in [0.29, 0.717) is 17.6 Å². The van der Waals surface area contributed by atoms with E-state index < -0.39 is 0 Å². The van der Waals surface area contributed by atoms with Crippen LogP contribution in [0.4, 0.5) is 0 Å². The van der Waals surface area contributed by atoms with Crippen LogP contribution in [0.3, 0.4) is 0 Å². The summed E-state index contributed by atoms with van der Waals surface area (Å²) in [5.41, 5.74) is 6.20. The minimum atomic E-state index is -0.230. The van der Waals surface area contributed by atoms with Gasteiger partial charge in [-0.3, -0.25) is 0 Å². The van der Waals surface area contributed by atoms with Gasteiger partial charge in [-0.25, -0.2) is 0 Å². The first-order valence-electron chi connectivity index (χ1n) is 7.16. The van der Waals surface area contributed by atoms with Gasteiger partial charge in [-0.1, -0.05) is 23.4 Å². The first kappa shape index (κ1) is 16.7. The van der Waals surface area contributed by atoms with Crippen LogP contribution >= 0.6 is 12.4 Å². The lowest BCUT2D eigenvalue weighted by Gasteiger charge is -2.25. The molecule has 1 fully saturated rings. The van der Waals surface area contributed by atoms with Crippen molar-refractivity contribution in [3.63, 3.8) is 0 Å². The molecular formula is C15H20ClN3O3. The van der Waals surface area contributed by atoms with Crippen LogP contribution in [0.1, 0.15) is 30.6 Å². The van der Waals surface area contributed by atoms with Crippen LogP contribution in [0.15, 0.2) is 34.9 Å². The fraction of sp³-hybridized carbons (Fsp3) is 0.467. The van der Waals surface area contributed by atoms with Gasteiger partial charge < -0.3 is 19.7 Å². The zero-order valence-corrected chi connectivity index (χ0v) is 13.0. The van der Waals surface area contributed by atoms with Gasteiger partial charge in [-0.2, -0.15) is 4.98 Å². The smallest absolute Gasteiger partial charge is 0.243 e. The average molecular weight is 326 g/mol. The Morgan fingerprint density at radius 3 is 2.68 bits per heavy atom. The van der Waals surface area contributed by atoms with Gasteiger partial charge in [-0.15, -0.1) is 12.4 Å². The fourth-order valence-electron chi connectivity index (χ4n) is 2.40. The SMILES string of the molecule is Cl.NC(c1nc(COc2ccccc2)no1)C1CCOCC1. The fourth-order valence-corrected chi connectivity index (χ4v) is 2.40. The summed E-state index contributed by atoms with van der Waals surface area (Å²) in [5, 5.41) is 3.92. The summed E-state index contributed by atoms with van der Waals surface area (Å²) in [7, 11) is 0. The molecule has 2 N–H and O–H groups in total. The van der Waals surface area contributed by atoms with Gasteiger partial charge in [0.25, 0.3) is 0 Å².